The number of ether oxygens (including phenoxy) is 1. The van der Waals surface area contributed by atoms with Gasteiger partial charge >= 0.3 is 0 Å². The van der Waals surface area contributed by atoms with Gasteiger partial charge < -0.3 is 15.5 Å². The monoisotopic (exact) mass is 447 g/mol. The zero-order chi connectivity index (χ0) is 21.8. The highest BCUT2D eigenvalue weighted by molar-refractivity contribution is 5.94. The van der Waals surface area contributed by atoms with Gasteiger partial charge in [0.15, 0.2) is 0 Å². The van der Waals surface area contributed by atoms with Crippen molar-refractivity contribution in [3.8, 4) is 11.3 Å². The summed E-state index contributed by atoms with van der Waals surface area (Å²) in [5.74, 6) is 0.211. The molecule has 2 aliphatic heterocycles. The zero-order valence-corrected chi connectivity index (χ0v) is 18.3. The number of benzene rings is 1. The summed E-state index contributed by atoms with van der Waals surface area (Å²) < 4.78 is 5.36. The standard InChI is InChI=1S/C25H27N5O2.H2O/c31-25(29-20-9-13-32-14-10-20)18-6-4-17(5-7-18)23-15-19(8-12-27-23)21-16-28-30-24(21)22-3-1-2-11-26-22;/h1-8,11-12,15,20-21,24,28,30H,9-10,13-14,16H2,(H,29,31);1H2. The van der Waals surface area contributed by atoms with E-state index in [-0.39, 0.29) is 29.4 Å². The smallest absolute Gasteiger partial charge is 0.251 e. The molecular formula is C25H29N5O3. The van der Waals surface area contributed by atoms with Crippen molar-refractivity contribution < 1.29 is 15.0 Å². The molecule has 1 amide bonds. The van der Waals surface area contributed by atoms with Gasteiger partial charge in [-0.1, -0.05) is 18.2 Å². The Balaban J connectivity index is 0.00000259. The quantitative estimate of drug-likeness (QED) is 0.551. The molecule has 0 spiro atoms. The molecule has 172 valence electrons. The third-order valence-corrected chi connectivity index (χ3v) is 6.20. The number of rotatable bonds is 5. The van der Waals surface area contributed by atoms with Crippen LogP contribution in [0, 0.1) is 0 Å². The molecule has 2 aromatic heterocycles. The molecule has 5 N–H and O–H groups in total. The van der Waals surface area contributed by atoms with Gasteiger partial charge in [-0.3, -0.25) is 20.2 Å². The predicted octanol–water partition coefficient (Wildman–Crippen LogP) is 2.16. The van der Waals surface area contributed by atoms with Crippen molar-refractivity contribution in [3.05, 3.63) is 83.8 Å². The number of nitrogens with one attached hydrogen (secondary N) is 3. The minimum absolute atomic E-state index is 0. The van der Waals surface area contributed by atoms with Crippen LogP contribution in [-0.4, -0.2) is 47.2 Å². The molecular weight excluding hydrogens is 418 g/mol. The maximum absolute atomic E-state index is 12.6. The zero-order valence-electron chi connectivity index (χ0n) is 18.3. The summed E-state index contributed by atoms with van der Waals surface area (Å²) in [4.78, 5) is 21.7. The Labute approximate surface area is 193 Å². The maximum atomic E-state index is 12.6. The number of pyridine rings is 2. The number of hydrazine groups is 1. The number of aromatic nitrogens is 2. The van der Waals surface area contributed by atoms with Crippen LogP contribution in [0.1, 0.15) is 46.4 Å². The Morgan fingerprint density at radius 1 is 1.00 bits per heavy atom. The molecule has 3 aromatic rings. The van der Waals surface area contributed by atoms with E-state index < -0.39 is 0 Å². The fourth-order valence-corrected chi connectivity index (χ4v) is 4.39. The minimum Gasteiger partial charge on any atom is -0.412 e. The van der Waals surface area contributed by atoms with Gasteiger partial charge in [-0.2, -0.15) is 0 Å². The van der Waals surface area contributed by atoms with Crippen LogP contribution >= 0.6 is 0 Å². The first-order valence-corrected chi connectivity index (χ1v) is 11.1. The highest BCUT2D eigenvalue weighted by Gasteiger charge is 2.30. The van der Waals surface area contributed by atoms with Crippen molar-refractivity contribution in [1.82, 2.24) is 26.1 Å². The van der Waals surface area contributed by atoms with E-state index >= 15 is 0 Å². The molecule has 2 aliphatic rings. The Morgan fingerprint density at radius 3 is 2.58 bits per heavy atom. The molecule has 8 nitrogen and oxygen atoms in total. The summed E-state index contributed by atoms with van der Waals surface area (Å²) in [5, 5.41) is 3.11. The highest BCUT2D eigenvalue weighted by Crippen LogP contribution is 2.33. The SMILES string of the molecule is O.O=C(NC1CCOCC1)c1ccc(-c2cc(C3CNNC3c3ccccn3)ccn2)cc1. The molecule has 2 atom stereocenters. The second-order valence-corrected chi connectivity index (χ2v) is 8.28. The fraction of sp³-hybridized carbons (Fsp3) is 0.320. The molecule has 2 unspecified atom stereocenters. The van der Waals surface area contributed by atoms with Gasteiger partial charge in [-0.15, -0.1) is 0 Å². The van der Waals surface area contributed by atoms with Crippen LogP contribution in [-0.2, 0) is 4.74 Å². The number of carbonyl (C=O) groups is 1. The maximum Gasteiger partial charge on any atom is 0.251 e. The summed E-state index contributed by atoms with van der Waals surface area (Å²) in [6.45, 7) is 2.23. The van der Waals surface area contributed by atoms with Crippen LogP contribution in [0.3, 0.4) is 0 Å². The van der Waals surface area contributed by atoms with Crippen LogP contribution in [0.5, 0.6) is 0 Å². The van der Waals surface area contributed by atoms with Crippen LogP contribution < -0.4 is 16.2 Å². The van der Waals surface area contributed by atoms with Gasteiger partial charge in [0.05, 0.1) is 17.4 Å². The summed E-state index contributed by atoms with van der Waals surface area (Å²) in [6.07, 6.45) is 5.41. The van der Waals surface area contributed by atoms with E-state index in [0.29, 0.717) is 18.8 Å². The molecule has 1 aromatic carbocycles. The molecule has 8 heteroatoms. The van der Waals surface area contributed by atoms with Gasteiger partial charge in [-0.05, 0) is 54.8 Å². The second kappa shape index (κ2) is 10.6. The van der Waals surface area contributed by atoms with E-state index in [2.05, 4.69) is 38.3 Å². The summed E-state index contributed by atoms with van der Waals surface area (Å²) in [5.41, 5.74) is 11.4. The van der Waals surface area contributed by atoms with Gasteiger partial charge in [0.25, 0.3) is 5.91 Å². The Morgan fingerprint density at radius 2 is 1.82 bits per heavy atom. The topological polar surface area (TPSA) is 120 Å². The van der Waals surface area contributed by atoms with Gasteiger partial charge in [0, 0.05) is 55.2 Å². The van der Waals surface area contributed by atoms with E-state index in [9.17, 15) is 4.79 Å². The lowest BCUT2D eigenvalue weighted by atomic mass is 9.90. The van der Waals surface area contributed by atoms with Crippen molar-refractivity contribution in [2.75, 3.05) is 19.8 Å². The molecule has 2 saturated heterocycles. The number of hydrogen-bond acceptors (Lipinski definition) is 6. The largest absolute Gasteiger partial charge is 0.412 e. The van der Waals surface area contributed by atoms with Gasteiger partial charge in [-0.25, -0.2) is 5.43 Å². The van der Waals surface area contributed by atoms with Crippen molar-refractivity contribution in [2.45, 2.75) is 30.8 Å². The Bertz CT molecular complexity index is 1060. The first-order valence-electron chi connectivity index (χ1n) is 11.1. The van der Waals surface area contributed by atoms with Gasteiger partial charge in [0.1, 0.15) is 0 Å². The summed E-state index contributed by atoms with van der Waals surface area (Å²) in [7, 11) is 0. The Hall–Kier alpha value is -3.17. The average molecular weight is 448 g/mol. The molecule has 2 fully saturated rings. The van der Waals surface area contributed by atoms with Gasteiger partial charge in [0.2, 0.25) is 0 Å². The molecule has 0 aliphatic carbocycles. The Kier molecular flexibility index (Phi) is 7.41. The molecule has 0 bridgehead atoms. The molecule has 5 rings (SSSR count). The number of nitrogens with zero attached hydrogens (tertiary/aromatic N) is 2. The molecule has 0 saturated carbocycles. The lowest BCUT2D eigenvalue weighted by molar-refractivity contribution is 0.0696. The van der Waals surface area contributed by atoms with Crippen molar-refractivity contribution in [1.29, 1.82) is 0 Å². The fourth-order valence-electron chi connectivity index (χ4n) is 4.39. The van der Waals surface area contributed by atoms with Crippen LogP contribution in [0.2, 0.25) is 0 Å². The third kappa shape index (κ3) is 5.26. The van der Waals surface area contributed by atoms with E-state index in [1.165, 1.54) is 5.56 Å². The van der Waals surface area contributed by atoms with E-state index in [4.69, 9.17) is 4.74 Å². The average Bonchev–Trinajstić information content (AvgIpc) is 3.36. The minimum atomic E-state index is -0.0357. The number of carbonyl (C=O) groups excluding carboxylic acids is 1. The molecule has 33 heavy (non-hydrogen) atoms. The first-order chi connectivity index (χ1) is 15.8. The first kappa shape index (κ1) is 23.0. The lowest BCUT2D eigenvalue weighted by Crippen LogP contribution is -2.38. The van der Waals surface area contributed by atoms with E-state index in [1.54, 1.807) is 0 Å². The van der Waals surface area contributed by atoms with Crippen molar-refractivity contribution in [2.24, 2.45) is 0 Å². The second-order valence-electron chi connectivity index (χ2n) is 8.28. The lowest BCUT2D eigenvalue weighted by Gasteiger charge is -2.23. The molecule has 0 radical (unpaired) electrons. The predicted molar refractivity (Wildman–Crippen MR) is 125 cm³/mol. The van der Waals surface area contributed by atoms with E-state index in [0.717, 1.165) is 36.3 Å². The normalized spacial score (nSPS) is 20.7. The highest BCUT2D eigenvalue weighted by atomic mass is 16.5. The van der Waals surface area contributed by atoms with Crippen LogP contribution in [0.15, 0.2) is 67.0 Å². The van der Waals surface area contributed by atoms with Crippen molar-refractivity contribution in [3.63, 3.8) is 0 Å². The summed E-state index contributed by atoms with van der Waals surface area (Å²) in [6, 6.07) is 18.1. The van der Waals surface area contributed by atoms with E-state index in [1.807, 2.05) is 54.9 Å². The van der Waals surface area contributed by atoms with Crippen LogP contribution in [0.25, 0.3) is 11.3 Å². The van der Waals surface area contributed by atoms with Crippen molar-refractivity contribution >= 4 is 5.91 Å². The molecule has 4 heterocycles. The van der Waals surface area contributed by atoms with Crippen LogP contribution in [0.4, 0.5) is 0 Å². The third-order valence-electron chi connectivity index (χ3n) is 6.20. The number of hydrogen-bond donors (Lipinski definition) is 3. The number of amides is 1. The summed E-state index contributed by atoms with van der Waals surface area (Å²) >= 11 is 0.